The molecule has 3 aliphatic rings. The van der Waals surface area contributed by atoms with Crippen molar-refractivity contribution in [2.24, 2.45) is 5.41 Å². The minimum absolute atomic E-state index is 0.0254. The van der Waals surface area contributed by atoms with Crippen LogP contribution < -0.4 is 20.4 Å². The topological polar surface area (TPSA) is 117 Å². The summed E-state index contributed by atoms with van der Waals surface area (Å²) in [6.45, 7) is 4.97. The number of nitrogens with one attached hydrogen (secondary N) is 2. The Morgan fingerprint density at radius 2 is 1.66 bits per heavy atom. The largest absolute Gasteiger partial charge is 0.418 e. The minimum Gasteiger partial charge on any atom is -0.381 e. The third kappa shape index (κ3) is 7.09. The number of halogens is 5. The molecule has 56 heavy (non-hydrogen) atoms. The summed E-state index contributed by atoms with van der Waals surface area (Å²) in [6.07, 6.45) is -0.0858. The normalized spacial score (nSPS) is 16.0. The number of hydrogen-bond acceptors (Lipinski definition) is 8. The molecule has 288 valence electrons. The number of rotatable bonds is 6. The SMILES string of the molecule is Cc1cnc(N2CC3(CCOCC3)C2)c(C(=O)Nc2ccc(C(=O)N3CCc4cc(C(=O)Nc5c(F)cccc5C(F)(F)F)sc4-c4ncc(F)cc43)cc2)c1. The maximum Gasteiger partial charge on any atom is 0.418 e. The van der Waals surface area contributed by atoms with E-state index in [4.69, 9.17) is 4.74 Å². The summed E-state index contributed by atoms with van der Waals surface area (Å²) in [7, 11) is 0. The molecule has 2 fully saturated rings. The highest BCUT2D eigenvalue weighted by Gasteiger charge is 2.45. The van der Waals surface area contributed by atoms with Crippen LogP contribution in [0.1, 0.15) is 59.9 Å². The lowest BCUT2D eigenvalue weighted by Gasteiger charge is -2.53. The van der Waals surface area contributed by atoms with Crippen molar-refractivity contribution in [1.29, 1.82) is 0 Å². The Kier molecular flexibility index (Phi) is 9.56. The molecule has 2 N–H and O–H groups in total. The lowest BCUT2D eigenvalue weighted by atomic mass is 9.73. The number of aromatic nitrogens is 2. The average molecular weight is 789 g/mol. The van der Waals surface area contributed by atoms with Crippen LogP contribution >= 0.6 is 11.3 Å². The van der Waals surface area contributed by atoms with E-state index in [1.54, 1.807) is 36.5 Å². The number of aryl methyl sites for hydroxylation is 1. The van der Waals surface area contributed by atoms with E-state index in [0.29, 0.717) is 33.6 Å². The highest BCUT2D eigenvalue weighted by Crippen LogP contribution is 2.44. The molecule has 0 saturated carbocycles. The van der Waals surface area contributed by atoms with Gasteiger partial charge in [-0.15, -0.1) is 11.3 Å². The second-order valence-electron chi connectivity index (χ2n) is 14.2. The Labute approximate surface area is 321 Å². The van der Waals surface area contributed by atoms with Crippen LogP contribution in [-0.4, -0.2) is 60.5 Å². The van der Waals surface area contributed by atoms with E-state index in [2.05, 4.69) is 25.5 Å². The molecule has 0 bridgehead atoms. The monoisotopic (exact) mass is 788 g/mol. The van der Waals surface area contributed by atoms with E-state index in [1.807, 2.05) is 6.92 Å². The Morgan fingerprint density at radius 3 is 2.39 bits per heavy atom. The Bertz CT molecular complexity index is 2370. The van der Waals surface area contributed by atoms with Crippen LogP contribution in [0, 0.1) is 24.0 Å². The van der Waals surface area contributed by atoms with E-state index in [-0.39, 0.29) is 46.1 Å². The van der Waals surface area contributed by atoms with Crippen LogP contribution in [0.15, 0.2) is 73.1 Å². The van der Waals surface area contributed by atoms with Gasteiger partial charge < -0.3 is 25.2 Å². The number of nitrogens with zero attached hydrogens (tertiary/aromatic N) is 4. The van der Waals surface area contributed by atoms with E-state index in [9.17, 15) is 36.3 Å². The number of amides is 3. The number of anilines is 4. The molecule has 0 aliphatic carbocycles. The first-order valence-electron chi connectivity index (χ1n) is 17.8. The van der Waals surface area contributed by atoms with Gasteiger partial charge in [-0.2, -0.15) is 13.2 Å². The highest BCUT2D eigenvalue weighted by atomic mass is 32.1. The van der Waals surface area contributed by atoms with Gasteiger partial charge in [0.25, 0.3) is 17.7 Å². The highest BCUT2D eigenvalue weighted by molar-refractivity contribution is 7.17. The predicted molar refractivity (Wildman–Crippen MR) is 200 cm³/mol. The van der Waals surface area contributed by atoms with Crippen LogP contribution in [0.2, 0.25) is 0 Å². The Morgan fingerprint density at radius 1 is 0.911 bits per heavy atom. The molecule has 16 heteroatoms. The summed E-state index contributed by atoms with van der Waals surface area (Å²) >= 11 is 0.882. The lowest BCUT2D eigenvalue weighted by molar-refractivity contribution is -0.137. The number of carbonyl (C=O) groups is 3. The van der Waals surface area contributed by atoms with Gasteiger partial charge in [0.05, 0.1) is 38.5 Å². The molecule has 8 rings (SSSR count). The van der Waals surface area contributed by atoms with Crippen molar-refractivity contribution in [2.45, 2.75) is 32.4 Å². The van der Waals surface area contributed by atoms with Gasteiger partial charge in [-0.05, 0) is 85.8 Å². The first-order chi connectivity index (χ1) is 26.8. The van der Waals surface area contributed by atoms with Crippen molar-refractivity contribution in [3.63, 3.8) is 0 Å². The van der Waals surface area contributed by atoms with Gasteiger partial charge in [0.1, 0.15) is 23.1 Å². The summed E-state index contributed by atoms with van der Waals surface area (Å²) in [5, 5.41) is 4.97. The van der Waals surface area contributed by atoms with Crippen LogP contribution in [0.3, 0.4) is 0 Å². The first kappa shape index (κ1) is 37.2. The van der Waals surface area contributed by atoms with E-state index >= 15 is 0 Å². The number of fused-ring (bicyclic) bond motifs is 3. The third-order valence-electron chi connectivity index (χ3n) is 10.3. The molecule has 0 unspecified atom stereocenters. The van der Waals surface area contributed by atoms with Gasteiger partial charge in [-0.25, -0.2) is 13.8 Å². The fourth-order valence-corrected chi connectivity index (χ4v) is 8.54. The average Bonchev–Trinajstić information content (AvgIpc) is 3.53. The summed E-state index contributed by atoms with van der Waals surface area (Å²) in [4.78, 5) is 53.4. The summed E-state index contributed by atoms with van der Waals surface area (Å²) in [5.41, 5.74) is 0.672. The quantitative estimate of drug-likeness (QED) is 0.167. The fourth-order valence-electron chi connectivity index (χ4n) is 7.43. The van der Waals surface area contributed by atoms with Crippen molar-refractivity contribution in [3.05, 3.63) is 117 Å². The molecule has 6 heterocycles. The number of hydrogen-bond donors (Lipinski definition) is 2. The molecule has 3 aliphatic heterocycles. The first-order valence-corrected chi connectivity index (χ1v) is 18.6. The summed E-state index contributed by atoms with van der Waals surface area (Å²) in [6, 6.07) is 13.1. The van der Waals surface area contributed by atoms with Crippen LogP contribution in [-0.2, 0) is 17.3 Å². The summed E-state index contributed by atoms with van der Waals surface area (Å²) < 4.78 is 75.4. The molecular weight excluding hydrogens is 756 g/mol. The minimum atomic E-state index is -4.92. The molecule has 2 saturated heterocycles. The van der Waals surface area contributed by atoms with Crippen molar-refractivity contribution in [2.75, 3.05) is 53.3 Å². The number of carbonyl (C=O) groups excluding carboxylic acids is 3. The van der Waals surface area contributed by atoms with Crippen LogP contribution in [0.25, 0.3) is 10.6 Å². The zero-order valence-electron chi connectivity index (χ0n) is 29.8. The standard InChI is InChI=1S/C40H33F5N6O4S/c1-22-15-27(35(47-18-22)50-20-39(21-50)10-13-55-14-11-39)36(52)48-26-7-5-23(6-8-26)38(54)51-12-9-24-16-31(56-34(24)33-30(51)17-25(41)19-46-33)37(53)49-32-28(40(43,44)45)3-2-4-29(32)42/h2-8,15-19H,9-14,20-21H2,1H3,(H,48,52)(H,49,53). The van der Waals surface area contributed by atoms with Crippen molar-refractivity contribution in [3.8, 4) is 10.6 Å². The van der Waals surface area contributed by atoms with Gasteiger partial charge in [-0.3, -0.25) is 19.4 Å². The van der Waals surface area contributed by atoms with Crippen LogP contribution in [0.4, 0.5) is 44.8 Å². The lowest BCUT2D eigenvalue weighted by Crippen LogP contribution is -2.59. The van der Waals surface area contributed by atoms with Gasteiger partial charge >= 0.3 is 6.18 Å². The van der Waals surface area contributed by atoms with Gasteiger partial charge in [0.15, 0.2) is 0 Å². The molecule has 2 aromatic carbocycles. The zero-order valence-corrected chi connectivity index (χ0v) is 30.6. The maximum atomic E-state index is 14.7. The van der Waals surface area contributed by atoms with Crippen molar-refractivity contribution < 1.29 is 41.1 Å². The van der Waals surface area contributed by atoms with Crippen molar-refractivity contribution in [1.82, 2.24) is 9.97 Å². The second-order valence-corrected chi connectivity index (χ2v) is 15.2. The smallest absolute Gasteiger partial charge is 0.381 e. The Hall–Kier alpha value is -5.74. The number of para-hydroxylation sites is 1. The van der Waals surface area contributed by atoms with Crippen LogP contribution in [0.5, 0.6) is 0 Å². The van der Waals surface area contributed by atoms with E-state index < -0.39 is 40.9 Å². The Balaban J connectivity index is 0.994. The predicted octanol–water partition coefficient (Wildman–Crippen LogP) is 8.13. The number of ether oxygens (including phenoxy) is 1. The number of pyridine rings is 2. The number of benzene rings is 2. The van der Waals surface area contributed by atoms with E-state index in [1.165, 1.54) is 11.0 Å². The van der Waals surface area contributed by atoms with Gasteiger partial charge in [0, 0.05) is 61.8 Å². The molecule has 10 nitrogen and oxygen atoms in total. The van der Waals surface area contributed by atoms with Crippen molar-refractivity contribution >= 4 is 51.9 Å². The zero-order chi connectivity index (χ0) is 39.4. The molecule has 3 amide bonds. The second kappa shape index (κ2) is 14.4. The molecular formula is C40H33F5N6O4S. The molecule has 3 aromatic heterocycles. The molecule has 0 radical (unpaired) electrons. The van der Waals surface area contributed by atoms with E-state index in [0.717, 1.165) is 80.4 Å². The van der Waals surface area contributed by atoms with Gasteiger partial charge in [0.2, 0.25) is 0 Å². The van der Waals surface area contributed by atoms with Gasteiger partial charge in [-0.1, -0.05) is 6.07 Å². The fraction of sp³-hybridized carbons (Fsp3) is 0.275. The summed E-state index contributed by atoms with van der Waals surface area (Å²) in [5.74, 6) is -3.15. The third-order valence-corrected chi connectivity index (χ3v) is 11.5. The number of alkyl halides is 3. The molecule has 5 aromatic rings. The number of thiophene rings is 1. The molecule has 0 atom stereocenters. The maximum absolute atomic E-state index is 14.7. The molecule has 1 spiro atoms.